The van der Waals surface area contributed by atoms with Crippen molar-refractivity contribution < 1.29 is 0 Å². The van der Waals surface area contributed by atoms with Crippen molar-refractivity contribution in [2.75, 3.05) is 11.9 Å². The van der Waals surface area contributed by atoms with Crippen molar-refractivity contribution in [3.05, 3.63) is 64.7 Å². The van der Waals surface area contributed by atoms with Gasteiger partial charge in [0, 0.05) is 25.8 Å². The van der Waals surface area contributed by atoms with Crippen molar-refractivity contribution >= 4 is 5.69 Å². The van der Waals surface area contributed by atoms with Crippen LogP contribution in [0.3, 0.4) is 0 Å². The first-order chi connectivity index (χ1) is 9.10. The van der Waals surface area contributed by atoms with Crippen LogP contribution in [-0.2, 0) is 13.1 Å². The van der Waals surface area contributed by atoms with Crippen LogP contribution in [0.15, 0.2) is 42.5 Å². The van der Waals surface area contributed by atoms with Crippen molar-refractivity contribution in [2.24, 2.45) is 5.73 Å². The van der Waals surface area contributed by atoms with Gasteiger partial charge in [0.25, 0.3) is 0 Å². The molecule has 2 aromatic carbocycles. The standard InChI is InChI=1S/C17H22N2/c1-13-5-4-6-15(9-13)12-19(3)17-8-7-14(2)10-16(17)11-18/h4-10H,11-12,18H2,1-3H3. The molecule has 0 aromatic heterocycles. The minimum atomic E-state index is 0.579. The molecule has 0 saturated heterocycles. The summed E-state index contributed by atoms with van der Waals surface area (Å²) < 4.78 is 0. The van der Waals surface area contributed by atoms with Crippen LogP contribution in [0, 0.1) is 13.8 Å². The molecule has 0 radical (unpaired) electrons. The van der Waals surface area contributed by atoms with Gasteiger partial charge in [0.2, 0.25) is 0 Å². The molecule has 0 amide bonds. The Morgan fingerprint density at radius 2 is 1.74 bits per heavy atom. The van der Waals surface area contributed by atoms with Crippen LogP contribution >= 0.6 is 0 Å². The van der Waals surface area contributed by atoms with E-state index in [-0.39, 0.29) is 0 Å². The van der Waals surface area contributed by atoms with Crippen LogP contribution < -0.4 is 10.6 Å². The first kappa shape index (κ1) is 13.6. The van der Waals surface area contributed by atoms with Crippen molar-refractivity contribution in [1.82, 2.24) is 0 Å². The fraction of sp³-hybridized carbons (Fsp3) is 0.294. The lowest BCUT2D eigenvalue weighted by atomic mass is 10.1. The van der Waals surface area contributed by atoms with E-state index in [0.29, 0.717) is 6.54 Å². The number of hydrogen-bond donors (Lipinski definition) is 1. The molecule has 2 nitrogen and oxygen atoms in total. The second-order valence-corrected chi connectivity index (χ2v) is 5.18. The minimum absolute atomic E-state index is 0.579. The molecule has 0 bridgehead atoms. The Labute approximate surface area is 115 Å². The summed E-state index contributed by atoms with van der Waals surface area (Å²) >= 11 is 0. The summed E-state index contributed by atoms with van der Waals surface area (Å²) in [4.78, 5) is 2.26. The Morgan fingerprint density at radius 3 is 2.42 bits per heavy atom. The first-order valence-electron chi connectivity index (χ1n) is 6.66. The van der Waals surface area contributed by atoms with E-state index < -0.39 is 0 Å². The molecular weight excluding hydrogens is 232 g/mol. The summed E-state index contributed by atoms with van der Waals surface area (Å²) in [6.45, 7) is 5.71. The van der Waals surface area contributed by atoms with Crippen LogP contribution in [0.25, 0.3) is 0 Å². The fourth-order valence-electron chi connectivity index (χ4n) is 2.42. The van der Waals surface area contributed by atoms with Gasteiger partial charge < -0.3 is 10.6 Å². The van der Waals surface area contributed by atoms with Crippen LogP contribution in [0.1, 0.15) is 22.3 Å². The topological polar surface area (TPSA) is 29.3 Å². The Hall–Kier alpha value is -1.80. The van der Waals surface area contributed by atoms with Crippen molar-refractivity contribution in [3.63, 3.8) is 0 Å². The number of nitrogens with zero attached hydrogens (tertiary/aromatic N) is 1. The minimum Gasteiger partial charge on any atom is -0.370 e. The summed E-state index contributed by atoms with van der Waals surface area (Å²) in [5.41, 5.74) is 12.2. The lowest BCUT2D eigenvalue weighted by molar-refractivity contribution is 0.901. The highest BCUT2D eigenvalue weighted by molar-refractivity contribution is 5.54. The number of benzene rings is 2. The third-order valence-electron chi connectivity index (χ3n) is 3.37. The molecule has 0 heterocycles. The lowest BCUT2D eigenvalue weighted by Gasteiger charge is -2.23. The molecule has 2 rings (SSSR count). The third-order valence-corrected chi connectivity index (χ3v) is 3.37. The highest BCUT2D eigenvalue weighted by Gasteiger charge is 2.07. The van der Waals surface area contributed by atoms with Gasteiger partial charge in [0.15, 0.2) is 0 Å². The molecule has 0 aliphatic rings. The van der Waals surface area contributed by atoms with E-state index in [4.69, 9.17) is 5.73 Å². The van der Waals surface area contributed by atoms with Gasteiger partial charge in [-0.25, -0.2) is 0 Å². The summed E-state index contributed by atoms with van der Waals surface area (Å²) in [5.74, 6) is 0. The van der Waals surface area contributed by atoms with Crippen molar-refractivity contribution in [3.8, 4) is 0 Å². The molecule has 2 N–H and O–H groups in total. The van der Waals surface area contributed by atoms with Gasteiger partial charge in [-0.3, -0.25) is 0 Å². The molecule has 2 heteroatoms. The summed E-state index contributed by atoms with van der Waals surface area (Å²) in [7, 11) is 2.12. The molecule has 0 saturated carbocycles. The fourth-order valence-corrected chi connectivity index (χ4v) is 2.42. The summed E-state index contributed by atoms with van der Waals surface area (Å²) in [6, 6.07) is 15.1. The number of rotatable bonds is 4. The summed E-state index contributed by atoms with van der Waals surface area (Å²) in [6.07, 6.45) is 0. The van der Waals surface area contributed by atoms with Gasteiger partial charge in [-0.2, -0.15) is 0 Å². The molecule has 2 aromatic rings. The van der Waals surface area contributed by atoms with E-state index in [0.717, 1.165) is 6.54 Å². The molecular formula is C17H22N2. The van der Waals surface area contributed by atoms with Gasteiger partial charge in [0.05, 0.1) is 0 Å². The van der Waals surface area contributed by atoms with E-state index >= 15 is 0 Å². The van der Waals surface area contributed by atoms with E-state index in [9.17, 15) is 0 Å². The molecule has 100 valence electrons. The number of nitrogens with two attached hydrogens (primary N) is 1. The maximum atomic E-state index is 5.85. The van der Waals surface area contributed by atoms with Gasteiger partial charge in [-0.05, 0) is 31.0 Å². The first-order valence-corrected chi connectivity index (χ1v) is 6.66. The van der Waals surface area contributed by atoms with Crippen LogP contribution in [-0.4, -0.2) is 7.05 Å². The van der Waals surface area contributed by atoms with Crippen molar-refractivity contribution in [2.45, 2.75) is 26.9 Å². The number of hydrogen-bond acceptors (Lipinski definition) is 2. The second kappa shape index (κ2) is 5.89. The summed E-state index contributed by atoms with van der Waals surface area (Å²) in [5, 5.41) is 0. The molecule has 0 spiro atoms. The molecule has 0 unspecified atom stereocenters. The van der Waals surface area contributed by atoms with E-state index in [1.165, 1.54) is 27.9 Å². The Bertz CT molecular complexity index is 561. The average Bonchev–Trinajstić information content (AvgIpc) is 2.38. The van der Waals surface area contributed by atoms with Crippen LogP contribution in [0.4, 0.5) is 5.69 Å². The largest absolute Gasteiger partial charge is 0.370 e. The predicted octanol–water partition coefficient (Wildman–Crippen LogP) is 3.40. The van der Waals surface area contributed by atoms with Gasteiger partial charge >= 0.3 is 0 Å². The third kappa shape index (κ3) is 3.36. The second-order valence-electron chi connectivity index (χ2n) is 5.18. The molecule has 0 aliphatic heterocycles. The zero-order valence-corrected chi connectivity index (χ0v) is 12.0. The number of anilines is 1. The SMILES string of the molecule is Cc1cccc(CN(C)c2ccc(C)cc2CN)c1. The van der Waals surface area contributed by atoms with Gasteiger partial charge in [-0.1, -0.05) is 47.5 Å². The van der Waals surface area contributed by atoms with E-state index in [1.54, 1.807) is 0 Å². The average molecular weight is 254 g/mol. The van der Waals surface area contributed by atoms with Crippen LogP contribution in [0.2, 0.25) is 0 Å². The van der Waals surface area contributed by atoms with E-state index in [2.05, 4.69) is 68.3 Å². The highest BCUT2D eigenvalue weighted by atomic mass is 15.1. The van der Waals surface area contributed by atoms with E-state index in [1.807, 2.05) is 0 Å². The van der Waals surface area contributed by atoms with Crippen LogP contribution in [0.5, 0.6) is 0 Å². The monoisotopic (exact) mass is 254 g/mol. The molecule has 19 heavy (non-hydrogen) atoms. The molecule has 0 atom stereocenters. The molecule has 0 fully saturated rings. The Kier molecular flexibility index (Phi) is 4.23. The quantitative estimate of drug-likeness (QED) is 0.906. The molecule has 0 aliphatic carbocycles. The smallest absolute Gasteiger partial charge is 0.0426 e. The Morgan fingerprint density at radius 1 is 1.00 bits per heavy atom. The lowest BCUT2D eigenvalue weighted by Crippen LogP contribution is -2.19. The maximum Gasteiger partial charge on any atom is 0.0426 e. The maximum absolute atomic E-state index is 5.85. The zero-order chi connectivity index (χ0) is 13.8. The van der Waals surface area contributed by atoms with Gasteiger partial charge in [-0.15, -0.1) is 0 Å². The Balaban J connectivity index is 2.22. The van der Waals surface area contributed by atoms with Crippen molar-refractivity contribution in [1.29, 1.82) is 0 Å². The number of aryl methyl sites for hydroxylation is 2. The normalized spacial score (nSPS) is 10.5. The highest BCUT2D eigenvalue weighted by Crippen LogP contribution is 2.22. The predicted molar refractivity (Wildman–Crippen MR) is 82.4 cm³/mol. The van der Waals surface area contributed by atoms with Gasteiger partial charge in [0.1, 0.15) is 0 Å². The zero-order valence-electron chi connectivity index (χ0n) is 12.0.